The molecule has 2 amide bonds. The van der Waals surface area contributed by atoms with Crippen LogP contribution >= 0.6 is 15.9 Å². The number of carbonyl (C=O) groups is 2. The number of amides is 2. The first kappa shape index (κ1) is 17.8. The van der Waals surface area contributed by atoms with Gasteiger partial charge in [-0.2, -0.15) is 5.10 Å². The van der Waals surface area contributed by atoms with Crippen molar-refractivity contribution in [2.75, 3.05) is 6.54 Å². The molecule has 0 saturated carbocycles. The highest BCUT2D eigenvalue weighted by Gasteiger charge is 2.29. The zero-order valence-corrected chi connectivity index (χ0v) is 16.7. The number of nitrogens with one attached hydrogen (secondary N) is 3. The molecular formula is C19H20BrN5O2. The van der Waals surface area contributed by atoms with Gasteiger partial charge in [0.25, 0.3) is 11.8 Å². The number of aromatic nitrogens is 3. The molecule has 0 unspecified atom stereocenters. The van der Waals surface area contributed by atoms with Gasteiger partial charge in [0.1, 0.15) is 0 Å². The van der Waals surface area contributed by atoms with E-state index in [1.807, 2.05) is 38.2 Å². The molecular weight excluding hydrogens is 410 g/mol. The van der Waals surface area contributed by atoms with Crippen LogP contribution in [0.5, 0.6) is 0 Å². The summed E-state index contributed by atoms with van der Waals surface area (Å²) in [5.41, 5.74) is 3.61. The lowest BCUT2D eigenvalue weighted by atomic mass is 10.0. The standard InChI is InChI=1S/C19H20BrN5O2/c1-10(2)22-18(26)17-12-6-8-25(9-15(12)23-24-17)19(27)13-3-4-14(20)11-5-7-21-16(11)13/h3-5,7,10,21H,6,8-9H2,1-2H3,(H,22,26)(H,23,24). The lowest BCUT2D eigenvalue weighted by molar-refractivity contribution is 0.0734. The topological polar surface area (TPSA) is 93.9 Å². The number of hydrogen-bond donors (Lipinski definition) is 3. The van der Waals surface area contributed by atoms with Crippen molar-refractivity contribution in [2.24, 2.45) is 0 Å². The van der Waals surface area contributed by atoms with Crippen LogP contribution in [-0.2, 0) is 13.0 Å². The number of fused-ring (bicyclic) bond motifs is 2. The van der Waals surface area contributed by atoms with Crippen LogP contribution in [0.3, 0.4) is 0 Å². The van der Waals surface area contributed by atoms with Gasteiger partial charge in [-0.05, 0) is 38.5 Å². The smallest absolute Gasteiger partial charge is 0.272 e. The summed E-state index contributed by atoms with van der Waals surface area (Å²) in [6, 6.07) is 5.71. The van der Waals surface area contributed by atoms with Gasteiger partial charge in [0.15, 0.2) is 5.69 Å². The predicted octanol–water partition coefficient (Wildman–Crippen LogP) is 2.99. The summed E-state index contributed by atoms with van der Waals surface area (Å²) in [5.74, 6) is -0.216. The predicted molar refractivity (Wildman–Crippen MR) is 106 cm³/mol. The summed E-state index contributed by atoms with van der Waals surface area (Å²) in [7, 11) is 0. The molecule has 3 heterocycles. The van der Waals surface area contributed by atoms with Crippen LogP contribution in [0.2, 0.25) is 0 Å². The summed E-state index contributed by atoms with van der Waals surface area (Å²) in [4.78, 5) is 30.3. The Kier molecular flexibility index (Phi) is 4.51. The van der Waals surface area contributed by atoms with Gasteiger partial charge >= 0.3 is 0 Å². The summed E-state index contributed by atoms with van der Waals surface area (Å²) in [6.45, 7) is 4.79. The molecule has 1 aliphatic rings. The average Bonchev–Trinajstić information content (AvgIpc) is 3.28. The molecule has 0 aliphatic carbocycles. The first-order chi connectivity index (χ1) is 13.0. The van der Waals surface area contributed by atoms with Crippen LogP contribution in [-0.4, -0.2) is 44.5 Å². The van der Waals surface area contributed by atoms with E-state index in [-0.39, 0.29) is 17.9 Å². The Hall–Kier alpha value is -2.61. The van der Waals surface area contributed by atoms with Crippen LogP contribution < -0.4 is 5.32 Å². The lowest BCUT2D eigenvalue weighted by Crippen LogP contribution is -2.37. The Labute approximate surface area is 164 Å². The van der Waals surface area contributed by atoms with Gasteiger partial charge in [-0.1, -0.05) is 15.9 Å². The SMILES string of the molecule is CC(C)NC(=O)c1n[nH]c2c1CCN(C(=O)c1ccc(Br)c3cc[nH]c13)C2. The number of halogens is 1. The van der Waals surface area contributed by atoms with Crippen LogP contribution in [0.15, 0.2) is 28.9 Å². The number of benzene rings is 1. The molecule has 3 N–H and O–H groups in total. The van der Waals surface area contributed by atoms with E-state index in [9.17, 15) is 9.59 Å². The molecule has 0 radical (unpaired) electrons. The van der Waals surface area contributed by atoms with Crippen molar-refractivity contribution >= 4 is 38.6 Å². The highest BCUT2D eigenvalue weighted by molar-refractivity contribution is 9.10. The first-order valence-electron chi connectivity index (χ1n) is 8.87. The summed E-state index contributed by atoms with van der Waals surface area (Å²) >= 11 is 3.51. The van der Waals surface area contributed by atoms with E-state index < -0.39 is 0 Å². The second-order valence-corrected chi connectivity index (χ2v) is 7.85. The maximum absolute atomic E-state index is 13.1. The molecule has 3 aromatic rings. The van der Waals surface area contributed by atoms with Crippen molar-refractivity contribution in [3.8, 4) is 0 Å². The minimum Gasteiger partial charge on any atom is -0.360 e. The van der Waals surface area contributed by atoms with Crippen molar-refractivity contribution in [1.29, 1.82) is 0 Å². The second kappa shape index (κ2) is 6.84. The number of hydrogen-bond acceptors (Lipinski definition) is 3. The Morgan fingerprint density at radius 2 is 2.11 bits per heavy atom. The third-order valence-corrected chi connectivity index (χ3v) is 5.45. The molecule has 0 spiro atoms. The molecule has 0 fully saturated rings. The Morgan fingerprint density at radius 3 is 2.89 bits per heavy atom. The largest absolute Gasteiger partial charge is 0.360 e. The molecule has 0 saturated heterocycles. The quantitative estimate of drug-likeness (QED) is 0.597. The summed E-state index contributed by atoms with van der Waals surface area (Å²) in [6.07, 6.45) is 2.43. The van der Waals surface area contributed by atoms with Crippen LogP contribution in [0, 0.1) is 0 Å². The zero-order chi connectivity index (χ0) is 19.1. The zero-order valence-electron chi connectivity index (χ0n) is 15.1. The molecule has 140 valence electrons. The molecule has 1 aliphatic heterocycles. The highest BCUT2D eigenvalue weighted by Crippen LogP contribution is 2.28. The number of H-pyrrole nitrogens is 2. The maximum atomic E-state index is 13.1. The van der Waals surface area contributed by atoms with Crippen molar-refractivity contribution in [3.05, 3.63) is 51.4 Å². The van der Waals surface area contributed by atoms with Gasteiger partial charge < -0.3 is 15.2 Å². The van der Waals surface area contributed by atoms with Gasteiger partial charge in [-0.25, -0.2) is 0 Å². The fourth-order valence-electron chi connectivity index (χ4n) is 3.48. The van der Waals surface area contributed by atoms with Gasteiger partial charge in [-0.3, -0.25) is 14.7 Å². The van der Waals surface area contributed by atoms with Gasteiger partial charge in [0, 0.05) is 34.2 Å². The molecule has 7 nitrogen and oxygen atoms in total. The number of nitrogens with zero attached hydrogens (tertiary/aromatic N) is 2. The Morgan fingerprint density at radius 1 is 1.30 bits per heavy atom. The highest BCUT2D eigenvalue weighted by atomic mass is 79.9. The van der Waals surface area contributed by atoms with E-state index >= 15 is 0 Å². The van der Waals surface area contributed by atoms with Gasteiger partial charge in [0.2, 0.25) is 0 Å². The average molecular weight is 430 g/mol. The lowest BCUT2D eigenvalue weighted by Gasteiger charge is -2.27. The number of rotatable bonds is 3. The Bertz CT molecular complexity index is 1040. The van der Waals surface area contributed by atoms with Gasteiger partial charge in [0.05, 0.1) is 23.3 Å². The molecule has 0 bridgehead atoms. The Balaban J connectivity index is 1.59. The fourth-order valence-corrected chi connectivity index (χ4v) is 3.94. The molecule has 4 rings (SSSR count). The molecule has 8 heteroatoms. The van der Waals surface area contributed by atoms with E-state index in [2.05, 4.69) is 36.4 Å². The minimum atomic E-state index is -0.178. The molecule has 27 heavy (non-hydrogen) atoms. The first-order valence-corrected chi connectivity index (χ1v) is 9.67. The van der Waals surface area contributed by atoms with Crippen LogP contribution in [0.4, 0.5) is 0 Å². The van der Waals surface area contributed by atoms with Crippen molar-refractivity contribution < 1.29 is 9.59 Å². The van der Waals surface area contributed by atoms with Crippen molar-refractivity contribution in [3.63, 3.8) is 0 Å². The summed E-state index contributed by atoms with van der Waals surface area (Å²) < 4.78 is 0.950. The maximum Gasteiger partial charge on any atom is 0.272 e. The van der Waals surface area contributed by atoms with E-state index in [1.54, 1.807) is 4.90 Å². The number of aromatic amines is 2. The third-order valence-electron chi connectivity index (χ3n) is 4.76. The van der Waals surface area contributed by atoms with E-state index in [1.165, 1.54) is 0 Å². The van der Waals surface area contributed by atoms with Crippen molar-refractivity contribution in [2.45, 2.75) is 32.9 Å². The van der Waals surface area contributed by atoms with E-state index in [4.69, 9.17) is 0 Å². The fraction of sp³-hybridized carbons (Fsp3) is 0.316. The molecule has 1 aromatic carbocycles. The molecule has 2 aromatic heterocycles. The third kappa shape index (κ3) is 3.14. The normalized spacial score (nSPS) is 13.9. The second-order valence-electron chi connectivity index (χ2n) is 7.00. The monoisotopic (exact) mass is 429 g/mol. The van der Waals surface area contributed by atoms with Crippen LogP contribution in [0.1, 0.15) is 46.0 Å². The van der Waals surface area contributed by atoms with E-state index in [0.717, 1.165) is 26.6 Å². The minimum absolute atomic E-state index is 0.0385. The molecule has 0 atom stereocenters. The van der Waals surface area contributed by atoms with E-state index in [0.29, 0.717) is 30.8 Å². The van der Waals surface area contributed by atoms with Gasteiger partial charge in [-0.15, -0.1) is 0 Å². The van der Waals surface area contributed by atoms with Crippen molar-refractivity contribution in [1.82, 2.24) is 25.4 Å². The summed E-state index contributed by atoms with van der Waals surface area (Å²) in [5, 5.41) is 11.0. The number of carbonyl (C=O) groups excluding carboxylic acids is 2. The van der Waals surface area contributed by atoms with Crippen LogP contribution in [0.25, 0.3) is 10.9 Å².